The van der Waals surface area contributed by atoms with Crippen molar-refractivity contribution in [3.8, 4) is 11.5 Å². The molecule has 0 aliphatic rings. The number of aromatic hydroxyl groups is 2. The number of hydrogen-bond donors (Lipinski definition) is 4. The van der Waals surface area contributed by atoms with Crippen molar-refractivity contribution in [1.82, 2.24) is 0 Å². The van der Waals surface area contributed by atoms with Crippen LogP contribution in [0.15, 0.2) is 42.5 Å². The van der Waals surface area contributed by atoms with Crippen LogP contribution >= 0.6 is 0 Å². The van der Waals surface area contributed by atoms with Crippen LogP contribution in [0.5, 0.6) is 11.5 Å². The molecule has 0 saturated heterocycles. The third-order valence-electron chi connectivity index (χ3n) is 2.55. The Labute approximate surface area is 110 Å². The number of aryl methyl sites for hydroxylation is 1. The smallest absolute Gasteiger partial charge is 0.323 e. The first-order valence-electron chi connectivity index (χ1n) is 5.72. The fourth-order valence-corrected chi connectivity index (χ4v) is 1.60. The quantitative estimate of drug-likeness (QED) is 0.625. The highest BCUT2D eigenvalue weighted by Crippen LogP contribution is 2.25. The molecular weight excluding hydrogens is 244 g/mol. The average Bonchev–Trinajstić information content (AvgIpc) is 2.36. The highest BCUT2D eigenvalue weighted by Gasteiger charge is 2.08. The number of anilines is 2. The maximum atomic E-state index is 11.7. The van der Waals surface area contributed by atoms with Gasteiger partial charge in [0.25, 0.3) is 0 Å². The number of phenols is 2. The van der Waals surface area contributed by atoms with Crippen LogP contribution in [0.4, 0.5) is 16.2 Å². The van der Waals surface area contributed by atoms with E-state index in [1.165, 1.54) is 6.07 Å². The molecule has 98 valence electrons. The molecule has 0 fully saturated rings. The van der Waals surface area contributed by atoms with E-state index >= 15 is 0 Å². The highest BCUT2D eigenvalue weighted by molar-refractivity contribution is 6.01. The minimum absolute atomic E-state index is 0.00701. The van der Waals surface area contributed by atoms with Gasteiger partial charge in [-0.25, -0.2) is 4.79 Å². The lowest BCUT2D eigenvalue weighted by molar-refractivity contribution is 0.262. The highest BCUT2D eigenvalue weighted by atomic mass is 16.3. The van der Waals surface area contributed by atoms with Crippen LogP contribution in [-0.4, -0.2) is 16.2 Å². The number of carbonyl (C=O) groups excluding carboxylic acids is 1. The van der Waals surface area contributed by atoms with Gasteiger partial charge in [0.05, 0.1) is 11.4 Å². The first kappa shape index (κ1) is 12.8. The molecule has 0 saturated carbocycles. The van der Waals surface area contributed by atoms with Crippen molar-refractivity contribution in [2.45, 2.75) is 6.92 Å². The maximum absolute atomic E-state index is 11.7. The molecule has 0 radical (unpaired) electrons. The van der Waals surface area contributed by atoms with E-state index in [0.29, 0.717) is 11.4 Å². The normalized spacial score (nSPS) is 9.95. The van der Waals surface area contributed by atoms with E-state index in [4.69, 9.17) is 0 Å². The van der Waals surface area contributed by atoms with E-state index in [-0.39, 0.29) is 11.5 Å². The van der Waals surface area contributed by atoms with Crippen LogP contribution in [0.25, 0.3) is 0 Å². The Bertz CT molecular complexity index is 611. The summed E-state index contributed by atoms with van der Waals surface area (Å²) >= 11 is 0. The Morgan fingerprint density at radius 2 is 1.58 bits per heavy atom. The molecule has 5 nitrogen and oxygen atoms in total. The van der Waals surface area contributed by atoms with E-state index < -0.39 is 6.03 Å². The number of amides is 2. The van der Waals surface area contributed by atoms with Gasteiger partial charge in [0, 0.05) is 0 Å². The number of benzene rings is 2. The summed E-state index contributed by atoms with van der Waals surface area (Å²) in [7, 11) is 0. The first-order chi connectivity index (χ1) is 9.06. The lowest BCUT2D eigenvalue weighted by atomic mass is 10.2. The van der Waals surface area contributed by atoms with E-state index in [2.05, 4.69) is 10.6 Å². The molecule has 2 aromatic carbocycles. The summed E-state index contributed by atoms with van der Waals surface area (Å²) in [6.07, 6.45) is 0. The second-order valence-electron chi connectivity index (χ2n) is 4.12. The Hall–Kier alpha value is -2.69. The van der Waals surface area contributed by atoms with E-state index in [1.54, 1.807) is 36.4 Å². The molecule has 19 heavy (non-hydrogen) atoms. The van der Waals surface area contributed by atoms with Gasteiger partial charge in [0.15, 0.2) is 0 Å². The fourth-order valence-electron chi connectivity index (χ4n) is 1.60. The van der Waals surface area contributed by atoms with Crippen LogP contribution in [0.1, 0.15) is 5.56 Å². The van der Waals surface area contributed by atoms with Crippen LogP contribution in [0.2, 0.25) is 0 Å². The van der Waals surface area contributed by atoms with Crippen molar-refractivity contribution in [2.24, 2.45) is 0 Å². The third kappa shape index (κ3) is 3.16. The van der Waals surface area contributed by atoms with Crippen molar-refractivity contribution in [2.75, 3.05) is 10.6 Å². The minimum Gasteiger partial charge on any atom is -0.506 e. The number of para-hydroxylation sites is 2. The minimum atomic E-state index is -0.541. The molecular formula is C14H14N2O3. The summed E-state index contributed by atoms with van der Waals surface area (Å²) in [6.45, 7) is 1.84. The zero-order valence-corrected chi connectivity index (χ0v) is 10.3. The van der Waals surface area contributed by atoms with Gasteiger partial charge in [0.2, 0.25) is 0 Å². The third-order valence-corrected chi connectivity index (χ3v) is 2.55. The van der Waals surface area contributed by atoms with Crippen molar-refractivity contribution in [1.29, 1.82) is 0 Å². The maximum Gasteiger partial charge on any atom is 0.323 e. The number of carbonyl (C=O) groups is 1. The molecule has 0 aliphatic carbocycles. The van der Waals surface area contributed by atoms with E-state index in [0.717, 1.165) is 5.56 Å². The van der Waals surface area contributed by atoms with Gasteiger partial charge in [-0.3, -0.25) is 0 Å². The number of nitrogens with one attached hydrogen (secondary N) is 2. The average molecular weight is 258 g/mol. The first-order valence-corrected chi connectivity index (χ1v) is 5.72. The van der Waals surface area contributed by atoms with E-state index in [1.807, 2.05) is 6.92 Å². The molecule has 0 aromatic heterocycles. The Kier molecular flexibility index (Phi) is 3.56. The number of urea groups is 1. The fraction of sp³-hybridized carbons (Fsp3) is 0.0714. The van der Waals surface area contributed by atoms with Gasteiger partial charge in [-0.2, -0.15) is 0 Å². The van der Waals surface area contributed by atoms with Gasteiger partial charge in [0.1, 0.15) is 11.5 Å². The summed E-state index contributed by atoms with van der Waals surface area (Å²) in [5.74, 6) is -0.0294. The molecule has 0 unspecified atom stereocenters. The van der Waals surface area contributed by atoms with Gasteiger partial charge in [-0.15, -0.1) is 0 Å². The van der Waals surface area contributed by atoms with Gasteiger partial charge in [-0.05, 0) is 36.8 Å². The zero-order chi connectivity index (χ0) is 13.8. The molecule has 5 heteroatoms. The molecule has 0 atom stereocenters. The molecule has 0 heterocycles. The molecule has 0 bridgehead atoms. The standard InChI is InChI=1S/C14H14N2O3/c1-9-6-7-11(13(18)8-9)16-14(19)15-10-4-2-3-5-12(10)17/h2-8,17-18H,1H3,(H2,15,16,19). The number of rotatable bonds is 2. The van der Waals surface area contributed by atoms with Crippen molar-refractivity contribution in [3.05, 3.63) is 48.0 Å². The van der Waals surface area contributed by atoms with E-state index in [9.17, 15) is 15.0 Å². The van der Waals surface area contributed by atoms with Crippen molar-refractivity contribution < 1.29 is 15.0 Å². The molecule has 4 N–H and O–H groups in total. The summed E-state index contributed by atoms with van der Waals surface area (Å²) < 4.78 is 0. The summed E-state index contributed by atoms with van der Waals surface area (Å²) in [4.78, 5) is 11.7. The summed E-state index contributed by atoms with van der Waals surface area (Å²) in [5, 5.41) is 24.2. The predicted octanol–water partition coefficient (Wildman–Crippen LogP) is 3.05. The topological polar surface area (TPSA) is 81.6 Å². The molecule has 0 aliphatic heterocycles. The SMILES string of the molecule is Cc1ccc(NC(=O)Nc2ccccc2O)c(O)c1. The number of phenolic OH excluding ortho intramolecular Hbond substituents is 2. The van der Waals surface area contributed by atoms with Gasteiger partial charge >= 0.3 is 6.03 Å². The Balaban J connectivity index is 2.08. The van der Waals surface area contributed by atoms with Crippen LogP contribution in [0.3, 0.4) is 0 Å². The van der Waals surface area contributed by atoms with Crippen LogP contribution < -0.4 is 10.6 Å². The van der Waals surface area contributed by atoms with Crippen molar-refractivity contribution in [3.63, 3.8) is 0 Å². The van der Waals surface area contributed by atoms with Crippen LogP contribution in [0, 0.1) is 6.92 Å². The van der Waals surface area contributed by atoms with Crippen molar-refractivity contribution >= 4 is 17.4 Å². The predicted molar refractivity (Wildman–Crippen MR) is 73.6 cm³/mol. The molecule has 0 spiro atoms. The number of hydrogen-bond acceptors (Lipinski definition) is 3. The monoisotopic (exact) mass is 258 g/mol. The van der Waals surface area contributed by atoms with Gasteiger partial charge in [-0.1, -0.05) is 18.2 Å². The summed E-state index contributed by atoms with van der Waals surface area (Å²) in [5.41, 5.74) is 1.49. The zero-order valence-electron chi connectivity index (χ0n) is 10.3. The van der Waals surface area contributed by atoms with Crippen LogP contribution in [-0.2, 0) is 0 Å². The molecule has 2 amide bonds. The Morgan fingerprint density at radius 1 is 0.947 bits per heavy atom. The molecule has 2 aromatic rings. The summed E-state index contributed by atoms with van der Waals surface area (Å²) in [6, 6.07) is 10.8. The lowest BCUT2D eigenvalue weighted by Gasteiger charge is -2.10. The largest absolute Gasteiger partial charge is 0.506 e. The lowest BCUT2D eigenvalue weighted by Crippen LogP contribution is -2.19. The second-order valence-corrected chi connectivity index (χ2v) is 4.12. The second kappa shape index (κ2) is 5.30. The molecule has 2 rings (SSSR count). The van der Waals surface area contributed by atoms with Gasteiger partial charge < -0.3 is 20.8 Å². The Morgan fingerprint density at radius 3 is 2.21 bits per heavy atom.